The molecular formula is C19H25N5O3S. The van der Waals surface area contributed by atoms with E-state index in [-0.39, 0.29) is 17.9 Å². The number of hydrogen-bond donors (Lipinski definition) is 2. The first-order valence-corrected chi connectivity index (χ1v) is 10.2. The molecule has 1 aliphatic heterocycles. The molecule has 3 rings (SSSR count). The van der Waals surface area contributed by atoms with E-state index in [1.165, 1.54) is 11.3 Å². The second-order valence-corrected chi connectivity index (χ2v) is 7.89. The first-order valence-electron chi connectivity index (χ1n) is 9.34. The first kappa shape index (κ1) is 20.2. The van der Waals surface area contributed by atoms with E-state index in [0.29, 0.717) is 37.9 Å². The van der Waals surface area contributed by atoms with Crippen LogP contribution in [0.25, 0.3) is 0 Å². The second-order valence-electron chi connectivity index (χ2n) is 6.88. The number of carbonyl (C=O) groups excluding carboxylic acids is 2. The smallest absolute Gasteiger partial charge is 0.318 e. The maximum Gasteiger partial charge on any atom is 0.318 e. The molecule has 1 aromatic heterocycles. The van der Waals surface area contributed by atoms with Gasteiger partial charge in [-0.15, -0.1) is 10.2 Å². The SMILES string of the molecule is CC(C)c1nnc(NC(=O)C(Cc2ccccc2)NC(=O)N2CCOCC2)s1. The van der Waals surface area contributed by atoms with Gasteiger partial charge < -0.3 is 15.0 Å². The third kappa shape index (κ3) is 5.49. The van der Waals surface area contributed by atoms with Crippen molar-refractivity contribution in [3.63, 3.8) is 0 Å². The lowest BCUT2D eigenvalue weighted by Crippen LogP contribution is -2.53. The fraction of sp³-hybridized carbons (Fsp3) is 0.474. The number of hydrogen-bond acceptors (Lipinski definition) is 6. The number of amides is 3. The summed E-state index contributed by atoms with van der Waals surface area (Å²) < 4.78 is 5.28. The molecule has 0 spiro atoms. The topological polar surface area (TPSA) is 96.4 Å². The molecule has 1 aliphatic rings. The van der Waals surface area contributed by atoms with Crippen molar-refractivity contribution in [1.29, 1.82) is 0 Å². The summed E-state index contributed by atoms with van der Waals surface area (Å²) in [6, 6.07) is 8.62. The number of anilines is 1. The molecular weight excluding hydrogens is 378 g/mol. The van der Waals surface area contributed by atoms with Crippen LogP contribution in [0.5, 0.6) is 0 Å². The predicted octanol–water partition coefficient (Wildman–Crippen LogP) is 2.25. The van der Waals surface area contributed by atoms with Gasteiger partial charge in [0.15, 0.2) is 0 Å². The van der Waals surface area contributed by atoms with Crippen LogP contribution in [0, 0.1) is 0 Å². The van der Waals surface area contributed by atoms with E-state index < -0.39 is 6.04 Å². The summed E-state index contributed by atoms with van der Waals surface area (Å²) >= 11 is 1.35. The number of ether oxygens (including phenoxy) is 1. The van der Waals surface area contributed by atoms with Crippen LogP contribution in [0.1, 0.15) is 30.3 Å². The Bertz CT molecular complexity index is 790. The van der Waals surface area contributed by atoms with E-state index in [4.69, 9.17) is 4.74 Å². The summed E-state index contributed by atoms with van der Waals surface area (Å²) in [6.45, 7) is 6.08. The van der Waals surface area contributed by atoms with E-state index in [2.05, 4.69) is 20.8 Å². The Morgan fingerprint density at radius 2 is 1.89 bits per heavy atom. The van der Waals surface area contributed by atoms with E-state index in [0.717, 1.165) is 10.6 Å². The minimum atomic E-state index is -0.718. The van der Waals surface area contributed by atoms with Crippen LogP contribution in [-0.4, -0.2) is 59.4 Å². The maximum atomic E-state index is 12.9. The van der Waals surface area contributed by atoms with Gasteiger partial charge in [-0.1, -0.05) is 55.5 Å². The number of rotatable bonds is 6. The number of nitrogens with zero attached hydrogens (tertiary/aromatic N) is 3. The number of benzene rings is 1. The molecule has 2 aromatic rings. The average molecular weight is 404 g/mol. The molecule has 1 unspecified atom stereocenters. The summed E-state index contributed by atoms with van der Waals surface area (Å²) in [6.07, 6.45) is 0.387. The first-order chi connectivity index (χ1) is 13.5. The lowest BCUT2D eigenvalue weighted by molar-refractivity contribution is -0.118. The molecule has 9 heteroatoms. The number of urea groups is 1. The molecule has 2 N–H and O–H groups in total. The number of morpholine rings is 1. The zero-order chi connectivity index (χ0) is 19.9. The molecule has 150 valence electrons. The van der Waals surface area contributed by atoms with Crippen molar-refractivity contribution in [2.24, 2.45) is 0 Å². The normalized spacial score (nSPS) is 15.3. The molecule has 0 bridgehead atoms. The number of nitrogens with one attached hydrogen (secondary N) is 2. The molecule has 1 atom stereocenters. The molecule has 0 radical (unpaired) electrons. The molecule has 0 saturated carbocycles. The van der Waals surface area contributed by atoms with Gasteiger partial charge >= 0.3 is 6.03 Å². The summed E-state index contributed by atoms with van der Waals surface area (Å²) in [5.41, 5.74) is 0.963. The standard InChI is InChI=1S/C19H25N5O3S/c1-13(2)17-22-23-18(28-17)21-16(25)15(12-14-6-4-3-5-7-14)20-19(26)24-8-10-27-11-9-24/h3-7,13,15H,8-12H2,1-2H3,(H,20,26)(H,21,23,25). The highest BCUT2D eigenvalue weighted by molar-refractivity contribution is 7.15. The fourth-order valence-electron chi connectivity index (χ4n) is 2.78. The third-order valence-electron chi connectivity index (χ3n) is 4.36. The van der Waals surface area contributed by atoms with Crippen molar-refractivity contribution < 1.29 is 14.3 Å². The van der Waals surface area contributed by atoms with Gasteiger partial charge in [0.2, 0.25) is 11.0 Å². The van der Waals surface area contributed by atoms with Gasteiger partial charge in [0.25, 0.3) is 0 Å². The van der Waals surface area contributed by atoms with Crippen LogP contribution in [0.2, 0.25) is 0 Å². The minimum Gasteiger partial charge on any atom is -0.378 e. The molecule has 0 aliphatic carbocycles. The zero-order valence-corrected chi connectivity index (χ0v) is 16.9. The average Bonchev–Trinajstić information content (AvgIpc) is 3.17. The van der Waals surface area contributed by atoms with Crippen molar-refractivity contribution >= 4 is 28.4 Å². The lowest BCUT2D eigenvalue weighted by atomic mass is 10.1. The van der Waals surface area contributed by atoms with Gasteiger partial charge in [-0.05, 0) is 5.56 Å². The minimum absolute atomic E-state index is 0.240. The molecule has 2 heterocycles. The summed E-state index contributed by atoms with van der Waals surface area (Å²) in [7, 11) is 0. The van der Waals surface area contributed by atoms with Gasteiger partial charge in [0.05, 0.1) is 13.2 Å². The van der Waals surface area contributed by atoms with Crippen LogP contribution in [0.3, 0.4) is 0 Å². The Balaban J connectivity index is 1.70. The zero-order valence-electron chi connectivity index (χ0n) is 16.1. The summed E-state index contributed by atoms with van der Waals surface area (Å²) in [4.78, 5) is 27.2. The van der Waals surface area contributed by atoms with Crippen LogP contribution >= 0.6 is 11.3 Å². The largest absolute Gasteiger partial charge is 0.378 e. The Hall–Kier alpha value is -2.52. The van der Waals surface area contributed by atoms with Crippen LogP contribution in [-0.2, 0) is 16.0 Å². The van der Waals surface area contributed by atoms with Crippen molar-refractivity contribution in [2.75, 3.05) is 31.6 Å². The highest BCUT2D eigenvalue weighted by atomic mass is 32.1. The Kier molecular flexibility index (Phi) is 6.94. The van der Waals surface area contributed by atoms with Crippen molar-refractivity contribution in [3.8, 4) is 0 Å². The van der Waals surface area contributed by atoms with Crippen molar-refractivity contribution in [2.45, 2.75) is 32.2 Å². The van der Waals surface area contributed by atoms with E-state index >= 15 is 0 Å². The quantitative estimate of drug-likeness (QED) is 0.771. The van der Waals surface area contributed by atoms with Gasteiger partial charge in [-0.2, -0.15) is 0 Å². The molecule has 8 nitrogen and oxygen atoms in total. The number of aromatic nitrogens is 2. The Morgan fingerprint density at radius 3 is 2.54 bits per heavy atom. The monoisotopic (exact) mass is 403 g/mol. The summed E-state index contributed by atoms with van der Waals surface area (Å²) in [5, 5.41) is 15.1. The Morgan fingerprint density at radius 1 is 1.18 bits per heavy atom. The highest BCUT2D eigenvalue weighted by Gasteiger charge is 2.26. The van der Waals surface area contributed by atoms with Gasteiger partial charge in [-0.3, -0.25) is 10.1 Å². The van der Waals surface area contributed by atoms with Crippen molar-refractivity contribution in [3.05, 3.63) is 40.9 Å². The van der Waals surface area contributed by atoms with E-state index in [1.807, 2.05) is 44.2 Å². The van der Waals surface area contributed by atoms with Gasteiger partial charge in [0.1, 0.15) is 11.0 Å². The fourth-order valence-corrected chi connectivity index (χ4v) is 3.53. The molecule has 3 amide bonds. The third-order valence-corrected chi connectivity index (χ3v) is 5.50. The molecule has 28 heavy (non-hydrogen) atoms. The van der Waals surface area contributed by atoms with Crippen LogP contribution < -0.4 is 10.6 Å². The number of carbonyl (C=O) groups is 2. The lowest BCUT2D eigenvalue weighted by Gasteiger charge is -2.29. The van der Waals surface area contributed by atoms with Gasteiger partial charge in [0, 0.05) is 25.4 Å². The molecule has 1 fully saturated rings. The predicted molar refractivity (Wildman–Crippen MR) is 107 cm³/mol. The maximum absolute atomic E-state index is 12.9. The van der Waals surface area contributed by atoms with E-state index in [9.17, 15) is 9.59 Å². The van der Waals surface area contributed by atoms with Crippen LogP contribution in [0.15, 0.2) is 30.3 Å². The Labute approximate surface area is 168 Å². The highest BCUT2D eigenvalue weighted by Crippen LogP contribution is 2.22. The van der Waals surface area contributed by atoms with E-state index in [1.54, 1.807) is 4.90 Å². The van der Waals surface area contributed by atoms with Gasteiger partial charge in [-0.25, -0.2) is 4.79 Å². The molecule has 1 saturated heterocycles. The summed E-state index contributed by atoms with van der Waals surface area (Å²) in [5.74, 6) is -0.0683. The second kappa shape index (κ2) is 9.61. The van der Waals surface area contributed by atoms with Crippen LogP contribution in [0.4, 0.5) is 9.93 Å². The van der Waals surface area contributed by atoms with Crippen molar-refractivity contribution in [1.82, 2.24) is 20.4 Å². The molecule has 1 aromatic carbocycles.